The summed E-state index contributed by atoms with van der Waals surface area (Å²) < 4.78 is 55.0. The lowest BCUT2D eigenvalue weighted by Gasteiger charge is -2.39. The molecule has 0 unspecified atom stereocenters. The van der Waals surface area contributed by atoms with E-state index in [2.05, 4.69) is 15.3 Å². The summed E-state index contributed by atoms with van der Waals surface area (Å²) in [5.74, 6) is -2.80. The zero-order chi connectivity index (χ0) is 24.2. The van der Waals surface area contributed by atoms with Gasteiger partial charge in [-0.2, -0.15) is 4.98 Å². The predicted octanol–water partition coefficient (Wildman–Crippen LogP) is 0.632. The second kappa shape index (κ2) is 8.33. The SMILES string of the molecule is BC1(Nc2ncc3cc(C(B)(F)F)c(=O)n([C@@H]4CCC[C@@H]4C)c3n2)CCN(S(C)(=O)=O)CC1. The van der Waals surface area contributed by atoms with Crippen LogP contribution < -0.4 is 10.9 Å². The molecule has 178 valence electrons. The van der Waals surface area contributed by atoms with Crippen molar-refractivity contribution in [3.8, 4) is 0 Å². The number of rotatable bonds is 5. The van der Waals surface area contributed by atoms with Crippen LogP contribution in [0, 0.1) is 5.92 Å². The molecule has 0 aromatic carbocycles. The van der Waals surface area contributed by atoms with Gasteiger partial charge in [0, 0.05) is 36.2 Å². The Balaban J connectivity index is 1.73. The monoisotopic (exact) mass is 479 g/mol. The smallest absolute Gasteiger partial charge is 0.260 e. The van der Waals surface area contributed by atoms with Gasteiger partial charge in [0.25, 0.3) is 5.56 Å². The molecule has 0 spiro atoms. The van der Waals surface area contributed by atoms with Crippen molar-refractivity contribution in [3.05, 3.63) is 28.2 Å². The largest absolute Gasteiger partial charge is 0.356 e. The van der Waals surface area contributed by atoms with Gasteiger partial charge in [-0.15, -0.1) is 0 Å². The molecule has 2 aromatic heterocycles. The zero-order valence-corrected chi connectivity index (χ0v) is 20.3. The number of hydrogen-bond donors (Lipinski definition) is 1. The van der Waals surface area contributed by atoms with Gasteiger partial charge >= 0.3 is 0 Å². The van der Waals surface area contributed by atoms with Gasteiger partial charge in [-0.25, -0.2) is 26.5 Å². The van der Waals surface area contributed by atoms with E-state index >= 15 is 0 Å². The van der Waals surface area contributed by atoms with Crippen molar-refractivity contribution in [1.29, 1.82) is 0 Å². The van der Waals surface area contributed by atoms with Crippen molar-refractivity contribution >= 4 is 42.7 Å². The second-order valence-corrected chi connectivity index (χ2v) is 11.9. The van der Waals surface area contributed by atoms with Crippen LogP contribution >= 0.6 is 0 Å². The zero-order valence-electron chi connectivity index (χ0n) is 19.4. The van der Waals surface area contributed by atoms with Crippen LogP contribution in [0.5, 0.6) is 0 Å². The fourth-order valence-electron chi connectivity index (χ4n) is 5.02. The fourth-order valence-corrected chi connectivity index (χ4v) is 5.86. The number of piperidine rings is 1. The van der Waals surface area contributed by atoms with Gasteiger partial charge in [-0.1, -0.05) is 13.3 Å². The third kappa shape index (κ3) is 4.80. The Hall–Kier alpha value is -2.01. The number of aromatic nitrogens is 3. The molecule has 33 heavy (non-hydrogen) atoms. The molecular weight excluding hydrogens is 450 g/mol. The molecule has 8 nitrogen and oxygen atoms in total. The van der Waals surface area contributed by atoms with Gasteiger partial charge in [0.1, 0.15) is 13.5 Å². The number of sulfonamides is 1. The maximum Gasteiger partial charge on any atom is 0.260 e. The summed E-state index contributed by atoms with van der Waals surface area (Å²) in [6.07, 6.45) is 6.40. The number of hydrogen-bond acceptors (Lipinski definition) is 6. The summed E-state index contributed by atoms with van der Waals surface area (Å²) in [6.45, 7) is 2.80. The lowest BCUT2D eigenvalue weighted by molar-refractivity contribution is 0.0917. The number of alkyl halides is 2. The van der Waals surface area contributed by atoms with Crippen LogP contribution in [0.4, 0.5) is 14.7 Å². The molecule has 0 radical (unpaired) electrons. The van der Waals surface area contributed by atoms with E-state index in [0.717, 1.165) is 27.1 Å². The molecule has 0 bridgehead atoms. The van der Waals surface area contributed by atoms with Gasteiger partial charge in [0.05, 0.1) is 11.8 Å². The normalized spacial score (nSPS) is 24.2. The molecule has 2 atom stereocenters. The van der Waals surface area contributed by atoms with Crippen molar-refractivity contribution in [2.75, 3.05) is 24.7 Å². The molecule has 1 saturated heterocycles. The van der Waals surface area contributed by atoms with E-state index in [0.29, 0.717) is 42.9 Å². The van der Waals surface area contributed by atoms with Crippen molar-refractivity contribution < 1.29 is 17.2 Å². The quantitative estimate of drug-likeness (QED) is 0.633. The van der Waals surface area contributed by atoms with Crippen LogP contribution in [0.1, 0.15) is 50.6 Å². The molecule has 4 rings (SSSR count). The van der Waals surface area contributed by atoms with Crippen molar-refractivity contribution in [1.82, 2.24) is 18.8 Å². The van der Waals surface area contributed by atoms with Crippen molar-refractivity contribution in [2.45, 2.75) is 56.3 Å². The van der Waals surface area contributed by atoms with Crippen LogP contribution in [0.2, 0.25) is 0 Å². The molecular formula is C20H29B2F2N5O3S. The first-order valence-corrected chi connectivity index (χ1v) is 13.2. The van der Waals surface area contributed by atoms with Crippen LogP contribution in [-0.2, 0) is 15.8 Å². The highest BCUT2D eigenvalue weighted by Crippen LogP contribution is 2.37. The van der Waals surface area contributed by atoms with E-state index in [9.17, 15) is 22.0 Å². The van der Waals surface area contributed by atoms with E-state index in [1.807, 2.05) is 14.8 Å². The lowest BCUT2D eigenvalue weighted by Crippen LogP contribution is -2.51. The number of nitrogens with one attached hydrogen (secondary N) is 1. The number of pyridine rings is 1. The minimum atomic E-state index is -3.27. The van der Waals surface area contributed by atoms with E-state index in [4.69, 9.17) is 0 Å². The predicted molar refractivity (Wildman–Crippen MR) is 129 cm³/mol. The topological polar surface area (TPSA) is 97.2 Å². The first-order chi connectivity index (χ1) is 15.3. The minimum absolute atomic E-state index is 0.177. The third-order valence-corrected chi connectivity index (χ3v) is 8.41. The van der Waals surface area contributed by atoms with E-state index in [-0.39, 0.29) is 12.0 Å². The summed E-state index contributed by atoms with van der Waals surface area (Å²) in [6, 6.07) is 1.00. The van der Waals surface area contributed by atoms with Crippen LogP contribution in [0.15, 0.2) is 17.1 Å². The number of fused-ring (bicyclic) bond motifs is 1. The molecule has 1 saturated carbocycles. The van der Waals surface area contributed by atoms with E-state index in [1.165, 1.54) is 27.4 Å². The Morgan fingerprint density at radius 1 is 1.27 bits per heavy atom. The van der Waals surface area contributed by atoms with Gasteiger partial charge < -0.3 is 5.32 Å². The fraction of sp³-hybridized carbons (Fsp3) is 0.650. The van der Waals surface area contributed by atoms with Crippen molar-refractivity contribution in [3.63, 3.8) is 0 Å². The van der Waals surface area contributed by atoms with Gasteiger partial charge in [-0.3, -0.25) is 9.36 Å². The van der Waals surface area contributed by atoms with E-state index < -0.39 is 32.4 Å². The molecule has 13 heteroatoms. The summed E-state index contributed by atoms with van der Waals surface area (Å²) in [5.41, 5.74) is -1.33. The highest BCUT2D eigenvalue weighted by atomic mass is 32.2. The Morgan fingerprint density at radius 3 is 2.48 bits per heavy atom. The summed E-state index contributed by atoms with van der Waals surface area (Å²) in [7, 11) is -0.530. The first-order valence-electron chi connectivity index (χ1n) is 11.3. The molecule has 1 aliphatic heterocycles. The van der Waals surface area contributed by atoms with Crippen LogP contribution in [-0.4, -0.2) is 67.7 Å². The summed E-state index contributed by atoms with van der Waals surface area (Å²) in [5, 5.41) is 3.70. The number of nitrogens with zero attached hydrogens (tertiary/aromatic N) is 4. The van der Waals surface area contributed by atoms with Gasteiger partial charge in [0.2, 0.25) is 21.8 Å². The molecule has 2 fully saturated rings. The Kier molecular flexibility index (Phi) is 6.09. The maximum atomic E-state index is 14.2. The third-order valence-electron chi connectivity index (χ3n) is 7.10. The molecule has 0 amide bonds. The molecule has 2 aliphatic rings. The molecule has 1 aliphatic carbocycles. The standard InChI is InChI=1S/C20H29B2F2N5O3S/c1-12-4-3-5-15(12)29-16-13(10-14(17(29)30)20(22,23)24)11-25-18(26-16)27-19(21)6-8-28(9-7-19)33(2,31)32/h10-12,15H,3-9,21-22H2,1-2H3,(H,25,26,27)/t12-,15+/m0/s1. The lowest BCUT2D eigenvalue weighted by atomic mass is 9.71. The molecule has 1 N–H and O–H groups in total. The second-order valence-electron chi connectivity index (χ2n) is 9.92. The highest BCUT2D eigenvalue weighted by molar-refractivity contribution is 7.88. The van der Waals surface area contributed by atoms with Crippen LogP contribution in [0.3, 0.4) is 0 Å². The minimum Gasteiger partial charge on any atom is -0.356 e. The average Bonchev–Trinajstić information content (AvgIpc) is 3.11. The first kappa shape index (κ1) is 24.1. The average molecular weight is 479 g/mol. The Morgan fingerprint density at radius 2 is 1.94 bits per heavy atom. The van der Waals surface area contributed by atoms with Crippen molar-refractivity contribution in [2.24, 2.45) is 5.92 Å². The van der Waals surface area contributed by atoms with E-state index in [1.54, 1.807) is 0 Å². The number of halogens is 2. The van der Waals surface area contributed by atoms with Gasteiger partial charge in [-0.05, 0) is 37.7 Å². The summed E-state index contributed by atoms with van der Waals surface area (Å²) in [4.78, 5) is 22.1. The Bertz CT molecular complexity index is 1230. The number of anilines is 1. The highest BCUT2D eigenvalue weighted by Gasteiger charge is 2.36. The summed E-state index contributed by atoms with van der Waals surface area (Å²) >= 11 is 0. The van der Waals surface area contributed by atoms with Gasteiger partial charge in [0.15, 0.2) is 7.85 Å². The molecule has 3 heterocycles. The Labute approximate surface area is 194 Å². The van der Waals surface area contributed by atoms with Crippen LogP contribution in [0.25, 0.3) is 11.0 Å². The maximum absolute atomic E-state index is 14.2. The molecule has 2 aromatic rings.